The van der Waals surface area contributed by atoms with E-state index in [4.69, 9.17) is 4.74 Å². The summed E-state index contributed by atoms with van der Waals surface area (Å²) in [5, 5.41) is 0. The average Bonchev–Trinajstić information content (AvgIpc) is 2.08. The van der Waals surface area contributed by atoms with Gasteiger partial charge in [-0.3, -0.25) is 4.79 Å². The van der Waals surface area contributed by atoms with Gasteiger partial charge in [-0.15, -0.1) is 0 Å². The summed E-state index contributed by atoms with van der Waals surface area (Å²) in [6, 6.07) is -0.0869. The van der Waals surface area contributed by atoms with Crippen molar-refractivity contribution in [2.45, 2.75) is 50.6 Å². The second kappa shape index (κ2) is 4.73. The van der Waals surface area contributed by atoms with Crippen molar-refractivity contribution in [2.75, 3.05) is 6.54 Å². The molecule has 0 spiro atoms. The normalized spacial score (nSPS) is 26.8. The molecule has 0 N–H and O–H groups in total. The zero-order valence-electron chi connectivity index (χ0n) is 10.1. The molecule has 16 heavy (non-hydrogen) atoms. The van der Waals surface area contributed by atoms with Crippen LogP contribution in [0.3, 0.4) is 0 Å². The molecule has 1 saturated heterocycles. The molecular weight excluding hydrogens is 274 g/mol. The van der Waals surface area contributed by atoms with Crippen LogP contribution in [0.4, 0.5) is 4.79 Å². The molecule has 1 aliphatic heterocycles. The van der Waals surface area contributed by atoms with E-state index in [-0.39, 0.29) is 22.7 Å². The summed E-state index contributed by atoms with van der Waals surface area (Å²) >= 11 is 3.27. The molecule has 2 atom stereocenters. The van der Waals surface area contributed by atoms with Gasteiger partial charge in [-0.25, -0.2) is 4.79 Å². The van der Waals surface area contributed by atoms with Gasteiger partial charge in [0.25, 0.3) is 0 Å². The number of ether oxygens (including phenoxy) is 1. The third-order valence-electron chi connectivity index (χ3n) is 2.36. The lowest BCUT2D eigenvalue weighted by Crippen LogP contribution is -2.51. The number of nitrogens with zero attached hydrogens (tertiary/aromatic N) is 1. The minimum atomic E-state index is -0.500. The third kappa shape index (κ3) is 3.47. The molecule has 4 nitrogen and oxygen atoms in total. The predicted octanol–water partition coefficient (Wildman–Crippen LogP) is 2.35. The average molecular weight is 292 g/mol. The van der Waals surface area contributed by atoms with Crippen LogP contribution < -0.4 is 0 Å². The molecule has 1 amide bonds. The lowest BCUT2D eigenvalue weighted by atomic mass is 10.0. The number of carbonyl (C=O) groups excluding carboxylic acids is 2. The smallest absolute Gasteiger partial charge is 0.410 e. The minimum absolute atomic E-state index is 0.0869. The zero-order chi connectivity index (χ0) is 12.5. The summed E-state index contributed by atoms with van der Waals surface area (Å²) in [4.78, 5) is 24.6. The molecule has 0 bridgehead atoms. The van der Waals surface area contributed by atoms with Gasteiger partial charge in [-0.2, -0.15) is 0 Å². The van der Waals surface area contributed by atoms with E-state index >= 15 is 0 Å². The molecule has 1 rings (SSSR count). The van der Waals surface area contributed by atoms with Gasteiger partial charge in [0, 0.05) is 19.0 Å². The van der Waals surface area contributed by atoms with Gasteiger partial charge >= 0.3 is 6.09 Å². The van der Waals surface area contributed by atoms with Crippen LogP contribution in [-0.4, -0.2) is 39.8 Å². The van der Waals surface area contributed by atoms with E-state index in [9.17, 15) is 9.59 Å². The Labute approximate surface area is 104 Å². The van der Waals surface area contributed by atoms with Crippen molar-refractivity contribution in [3.8, 4) is 0 Å². The first-order valence-electron chi connectivity index (χ1n) is 5.37. The van der Waals surface area contributed by atoms with Gasteiger partial charge in [0.1, 0.15) is 11.4 Å². The summed E-state index contributed by atoms with van der Waals surface area (Å²) in [5.41, 5.74) is -0.500. The van der Waals surface area contributed by atoms with E-state index in [2.05, 4.69) is 15.9 Å². The highest BCUT2D eigenvalue weighted by Gasteiger charge is 2.35. The van der Waals surface area contributed by atoms with Crippen LogP contribution in [0, 0.1) is 0 Å². The number of rotatable bonds is 0. The van der Waals surface area contributed by atoms with Crippen molar-refractivity contribution in [1.82, 2.24) is 4.90 Å². The van der Waals surface area contributed by atoms with Crippen molar-refractivity contribution in [1.29, 1.82) is 0 Å². The standard InChI is InChI=1S/C11H18BrNO3/c1-7-5-9(14)8(12)6-13(7)10(15)16-11(2,3)4/h7-8H,5-6H2,1-4H3. The van der Waals surface area contributed by atoms with E-state index < -0.39 is 5.60 Å². The fourth-order valence-electron chi connectivity index (χ4n) is 1.56. The van der Waals surface area contributed by atoms with Crippen molar-refractivity contribution in [3.05, 3.63) is 0 Å². The number of piperidine rings is 1. The highest BCUT2D eigenvalue weighted by atomic mass is 79.9. The van der Waals surface area contributed by atoms with Gasteiger partial charge in [0.15, 0.2) is 0 Å². The molecule has 1 heterocycles. The summed E-state index contributed by atoms with van der Waals surface area (Å²) in [7, 11) is 0. The van der Waals surface area contributed by atoms with Crippen LogP contribution in [-0.2, 0) is 9.53 Å². The number of amides is 1. The first-order valence-corrected chi connectivity index (χ1v) is 6.28. The van der Waals surface area contributed by atoms with Crippen LogP contribution in [0.5, 0.6) is 0 Å². The summed E-state index contributed by atoms with van der Waals surface area (Å²) < 4.78 is 5.29. The number of alkyl halides is 1. The Bertz CT molecular complexity index is 298. The molecule has 0 aromatic heterocycles. The van der Waals surface area contributed by atoms with Crippen molar-refractivity contribution in [3.63, 3.8) is 0 Å². The van der Waals surface area contributed by atoms with Crippen LogP contribution in [0.1, 0.15) is 34.1 Å². The Balaban J connectivity index is 2.66. The first-order chi connectivity index (χ1) is 7.20. The van der Waals surface area contributed by atoms with Gasteiger partial charge < -0.3 is 9.64 Å². The van der Waals surface area contributed by atoms with E-state index in [1.807, 2.05) is 27.7 Å². The maximum Gasteiger partial charge on any atom is 0.410 e. The Morgan fingerprint density at radius 3 is 2.56 bits per heavy atom. The van der Waals surface area contributed by atoms with Crippen LogP contribution in [0.2, 0.25) is 0 Å². The lowest BCUT2D eigenvalue weighted by Gasteiger charge is -2.36. The fraction of sp³-hybridized carbons (Fsp3) is 0.818. The molecule has 5 heteroatoms. The second-order valence-electron chi connectivity index (χ2n) is 5.12. The molecule has 2 unspecified atom stereocenters. The molecule has 0 aliphatic carbocycles. The Morgan fingerprint density at radius 2 is 2.06 bits per heavy atom. The van der Waals surface area contributed by atoms with Gasteiger partial charge in [-0.05, 0) is 27.7 Å². The number of carbonyl (C=O) groups is 2. The first kappa shape index (κ1) is 13.5. The number of hydrogen-bond acceptors (Lipinski definition) is 3. The van der Waals surface area contributed by atoms with Gasteiger partial charge in [0.05, 0.1) is 4.83 Å². The fourth-order valence-corrected chi connectivity index (χ4v) is 2.06. The molecule has 0 saturated carbocycles. The molecule has 1 aliphatic rings. The largest absolute Gasteiger partial charge is 0.444 e. The maximum atomic E-state index is 11.8. The molecule has 0 aromatic carbocycles. The molecule has 92 valence electrons. The van der Waals surface area contributed by atoms with Gasteiger partial charge in [0.2, 0.25) is 0 Å². The van der Waals surface area contributed by atoms with E-state index in [1.165, 1.54) is 0 Å². The topological polar surface area (TPSA) is 46.6 Å². The van der Waals surface area contributed by atoms with Crippen molar-refractivity contribution in [2.24, 2.45) is 0 Å². The van der Waals surface area contributed by atoms with Crippen LogP contribution in [0.25, 0.3) is 0 Å². The summed E-state index contributed by atoms with van der Waals surface area (Å²) in [5.74, 6) is 0.146. The highest BCUT2D eigenvalue weighted by Crippen LogP contribution is 2.21. The monoisotopic (exact) mass is 291 g/mol. The van der Waals surface area contributed by atoms with E-state index in [1.54, 1.807) is 4.90 Å². The minimum Gasteiger partial charge on any atom is -0.444 e. The Kier molecular flexibility index (Phi) is 3.99. The van der Waals surface area contributed by atoms with Crippen molar-refractivity contribution < 1.29 is 14.3 Å². The van der Waals surface area contributed by atoms with Gasteiger partial charge in [-0.1, -0.05) is 15.9 Å². The van der Waals surface area contributed by atoms with Crippen LogP contribution in [0.15, 0.2) is 0 Å². The third-order valence-corrected chi connectivity index (χ3v) is 3.16. The Morgan fingerprint density at radius 1 is 1.50 bits per heavy atom. The number of ketones is 1. The molecular formula is C11H18BrNO3. The quantitative estimate of drug-likeness (QED) is 0.644. The van der Waals surface area contributed by atoms with Crippen molar-refractivity contribution >= 4 is 27.8 Å². The number of Topliss-reactive ketones (excluding diaryl/α,β-unsaturated/α-hetero) is 1. The van der Waals surface area contributed by atoms with Crippen LogP contribution >= 0.6 is 15.9 Å². The van der Waals surface area contributed by atoms with E-state index in [0.717, 1.165) is 0 Å². The predicted molar refractivity (Wildman–Crippen MR) is 64.7 cm³/mol. The highest BCUT2D eigenvalue weighted by molar-refractivity contribution is 9.10. The number of hydrogen-bond donors (Lipinski definition) is 0. The Hall–Kier alpha value is -0.580. The summed E-state index contributed by atoms with van der Waals surface area (Å²) in [6.07, 6.45) is 0.0340. The zero-order valence-corrected chi connectivity index (χ0v) is 11.7. The van der Waals surface area contributed by atoms with E-state index in [0.29, 0.717) is 13.0 Å². The maximum absolute atomic E-state index is 11.8. The number of likely N-dealkylation sites (tertiary alicyclic amines) is 1. The molecule has 0 aromatic rings. The summed E-state index contributed by atoms with van der Waals surface area (Å²) in [6.45, 7) is 7.73. The lowest BCUT2D eigenvalue weighted by molar-refractivity contribution is -0.121. The second-order valence-corrected chi connectivity index (χ2v) is 6.23. The number of halogens is 1. The molecule has 0 radical (unpaired) electrons. The molecule has 1 fully saturated rings. The SMILES string of the molecule is CC1CC(=O)C(Br)CN1C(=O)OC(C)(C)C.